The van der Waals surface area contributed by atoms with Gasteiger partial charge in [0.05, 0.1) is 11.5 Å². The number of nitrogens with zero attached hydrogens (tertiary/aromatic N) is 1. The van der Waals surface area contributed by atoms with Gasteiger partial charge in [0.1, 0.15) is 0 Å². The van der Waals surface area contributed by atoms with Crippen molar-refractivity contribution < 1.29 is 9.59 Å². The van der Waals surface area contributed by atoms with Crippen molar-refractivity contribution in [1.29, 1.82) is 0 Å². The van der Waals surface area contributed by atoms with Crippen LogP contribution in [0.5, 0.6) is 0 Å². The lowest BCUT2D eigenvalue weighted by atomic mass is 9.95. The molecule has 2 fully saturated rings. The highest BCUT2D eigenvalue weighted by Crippen LogP contribution is 2.45. The van der Waals surface area contributed by atoms with Gasteiger partial charge in [0.25, 0.3) is 0 Å². The fourth-order valence-electron chi connectivity index (χ4n) is 3.97. The van der Waals surface area contributed by atoms with E-state index in [2.05, 4.69) is 17.4 Å². The standard InChI is InChI=1S/C23H25ClN2O2/c24-20-9-6-17(7-10-20)12-15-26-16-18(8-11-21(26)27)22(28)25-23(13-14-23)19-4-2-1-3-5-19/h1-7,9-10,18H,8,11-16H2,(H,25,28). The van der Waals surface area contributed by atoms with Gasteiger partial charge in [-0.25, -0.2) is 0 Å². The Morgan fingerprint density at radius 2 is 1.82 bits per heavy atom. The van der Waals surface area contributed by atoms with Crippen molar-refractivity contribution in [2.24, 2.45) is 5.92 Å². The maximum absolute atomic E-state index is 12.9. The molecule has 1 heterocycles. The fraction of sp³-hybridized carbons (Fsp3) is 0.391. The van der Waals surface area contributed by atoms with Crippen LogP contribution in [-0.4, -0.2) is 29.8 Å². The third kappa shape index (κ3) is 4.22. The molecule has 1 saturated carbocycles. The molecule has 2 aliphatic rings. The topological polar surface area (TPSA) is 49.4 Å². The minimum absolute atomic E-state index is 0.0744. The number of likely N-dealkylation sites (tertiary alicyclic amines) is 1. The molecule has 146 valence electrons. The third-order valence-corrected chi connectivity index (χ3v) is 6.15. The Morgan fingerprint density at radius 3 is 2.50 bits per heavy atom. The maximum atomic E-state index is 12.9. The van der Waals surface area contributed by atoms with Crippen molar-refractivity contribution in [3.8, 4) is 0 Å². The maximum Gasteiger partial charge on any atom is 0.225 e. The molecule has 28 heavy (non-hydrogen) atoms. The first kappa shape index (κ1) is 19.0. The van der Waals surface area contributed by atoms with Crippen LogP contribution in [0.1, 0.15) is 36.8 Å². The Hall–Kier alpha value is -2.33. The van der Waals surface area contributed by atoms with Gasteiger partial charge in [-0.15, -0.1) is 0 Å². The first-order chi connectivity index (χ1) is 13.6. The van der Waals surface area contributed by atoms with Gasteiger partial charge in [-0.3, -0.25) is 9.59 Å². The molecule has 5 heteroatoms. The smallest absolute Gasteiger partial charge is 0.225 e. The molecule has 4 rings (SSSR count). The van der Waals surface area contributed by atoms with Gasteiger partial charge in [0, 0.05) is 24.5 Å². The van der Waals surface area contributed by atoms with Gasteiger partial charge in [-0.05, 0) is 48.9 Å². The van der Waals surface area contributed by atoms with E-state index in [1.807, 2.05) is 47.4 Å². The van der Waals surface area contributed by atoms with Crippen molar-refractivity contribution in [3.63, 3.8) is 0 Å². The Balaban J connectivity index is 1.35. The largest absolute Gasteiger partial charge is 0.346 e. The lowest BCUT2D eigenvalue weighted by Gasteiger charge is -2.33. The summed E-state index contributed by atoms with van der Waals surface area (Å²) in [7, 11) is 0. The predicted octanol–water partition coefficient (Wildman–Crippen LogP) is 3.93. The molecule has 2 aromatic rings. The van der Waals surface area contributed by atoms with E-state index in [1.165, 1.54) is 5.56 Å². The fourth-order valence-corrected chi connectivity index (χ4v) is 4.09. The van der Waals surface area contributed by atoms with Crippen molar-refractivity contribution in [1.82, 2.24) is 10.2 Å². The molecule has 0 aromatic heterocycles. The number of nitrogens with one attached hydrogen (secondary N) is 1. The number of hydrogen-bond acceptors (Lipinski definition) is 2. The van der Waals surface area contributed by atoms with Crippen LogP contribution in [0, 0.1) is 5.92 Å². The predicted molar refractivity (Wildman–Crippen MR) is 110 cm³/mol. The summed E-state index contributed by atoms with van der Waals surface area (Å²) >= 11 is 5.93. The molecule has 1 aliphatic carbocycles. The molecule has 1 saturated heterocycles. The summed E-state index contributed by atoms with van der Waals surface area (Å²) in [6, 6.07) is 17.9. The molecule has 2 amide bonds. The first-order valence-electron chi connectivity index (χ1n) is 9.95. The molecule has 0 bridgehead atoms. The van der Waals surface area contributed by atoms with Gasteiger partial charge in [0.15, 0.2) is 0 Å². The summed E-state index contributed by atoms with van der Waals surface area (Å²) in [5, 5.41) is 3.99. The Bertz CT molecular complexity index is 847. The zero-order chi connectivity index (χ0) is 19.6. The van der Waals surface area contributed by atoms with E-state index in [0.717, 1.165) is 24.8 Å². The highest BCUT2D eigenvalue weighted by atomic mass is 35.5. The second-order valence-electron chi connectivity index (χ2n) is 7.89. The molecular weight excluding hydrogens is 372 g/mol. The zero-order valence-electron chi connectivity index (χ0n) is 15.9. The summed E-state index contributed by atoms with van der Waals surface area (Å²) in [4.78, 5) is 27.1. The van der Waals surface area contributed by atoms with E-state index in [9.17, 15) is 9.59 Å². The number of halogens is 1. The number of amides is 2. The van der Waals surface area contributed by atoms with Gasteiger partial charge in [0.2, 0.25) is 11.8 Å². The average Bonchev–Trinajstić information content (AvgIpc) is 3.50. The van der Waals surface area contributed by atoms with E-state index in [0.29, 0.717) is 31.0 Å². The number of hydrogen-bond donors (Lipinski definition) is 1. The van der Waals surface area contributed by atoms with Crippen LogP contribution in [0.4, 0.5) is 0 Å². The number of carbonyl (C=O) groups is 2. The minimum atomic E-state index is -0.200. The van der Waals surface area contributed by atoms with Gasteiger partial charge in [-0.2, -0.15) is 0 Å². The van der Waals surface area contributed by atoms with E-state index in [4.69, 9.17) is 11.6 Å². The number of rotatable bonds is 6. The average molecular weight is 397 g/mol. The quantitative estimate of drug-likeness (QED) is 0.804. The summed E-state index contributed by atoms with van der Waals surface area (Å²) in [6.45, 7) is 1.14. The summed E-state index contributed by atoms with van der Waals surface area (Å²) in [5.41, 5.74) is 2.12. The van der Waals surface area contributed by atoms with Crippen LogP contribution in [0.25, 0.3) is 0 Å². The third-order valence-electron chi connectivity index (χ3n) is 5.89. The number of benzene rings is 2. The molecule has 4 nitrogen and oxygen atoms in total. The molecule has 1 aliphatic heterocycles. The Kier molecular flexibility index (Phi) is 5.40. The van der Waals surface area contributed by atoms with Gasteiger partial charge >= 0.3 is 0 Å². The van der Waals surface area contributed by atoms with Crippen molar-refractivity contribution in [3.05, 3.63) is 70.7 Å². The van der Waals surface area contributed by atoms with Crippen LogP contribution < -0.4 is 5.32 Å². The van der Waals surface area contributed by atoms with Crippen LogP contribution in [0.3, 0.4) is 0 Å². The second kappa shape index (κ2) is 7.96. The van der Waals surface area contributed by atoms with E-state index in [-0.39, 0.29) is 23.3 Å². The van der Waals surface area contributed by atoms with Crippen LogP contribution in [-0.2, 0) is 21.5 Å². The summed E-state index contributed by atoms with van der Waals surface area (Å²) < 4.78 is 0. The molecule has 1 N–H and O–H groups in total. The summed E-state index contributed by atoms with van der Waals surface area (Å²) in [6.07, 6.45) is 3.80. The molecule has 0 spiro atoms. The van der Waals surface area contributed by atoms with E-state index < -0.39 is 0 Å². The lowest BCUT2D eigenvalue weighted by Crippen LogP contribution is -2.48. The first-order valence-corrected chi connectivity index (χ1v) is 10.3. The van der Waals surface area contributed by atoms with Crippen LogP contribution in [0.2, 0.25) is 5.02 Å². The Morgan fingerprint density at radius 1 is 1.11 bits per heavy atom. The molecule has 1 atom stereocenters. The van der Waals surface area contributed by atoms with Crippen molar-refractivity contribution >= 4 is 23.4 Å². The minimum Gasteiger partial charge on any atom is -0.346 e. The zero-order valence-corrected chi connectivity index (χ0v) is 16.6. The highest BCUT2D eigenvalue weighted by molar-refractivity contribution is 6.30. The van der Waals surface area contributed by atoms with Gasteiger partial charge < -0.3 is 10.2 Å². The van der Waals surface area contributed by atoms with E-state index in [1.54, 1.807) is 0 Å². The SMILES string of the molecule is O=C(NC1(c2ccccc2)CC1)C1CCC(=O)N(CCc2ccc(Cl)cc2)C1. The van der Waals surface area contributed by atoms with E-state index >= 15 is 0 Å². The highest BCUT2D eigenvalue weighted by Gasteiger charge is 2.46. The molecule has 2 aromatic carbocycles. The summed E-state index contributed by atoms with van der Waals surface area (Å²) in [5.74, 6) is 0.0802. The second-order valence-corrected chi connectivity index (χ2v) is 8.33. The van der Waals surface area contributed by atoms with Crippen LogP contribution in [0.15, 0.2) is 54.6 Å². The number of carbonyl (C=O) groups excluding carboxylic acids is 2. The van der Waals surface area contributed by atoms with Crippen LogP contribution >= 0.6 is 11.6 Å². The molecule has 0 radical (unpaired) electrons. The Labute approximate surface area is 170 Å². The van der Waals surface area contributed by atoms with Gasteiger partial charge in [-0.1, -0.05) is 54.1 Å². The molecule has 1 unspecified atom stereocenters. The lowest BCUT2D eigenvalue weighted by molar-refractivity contribution is -0.138. The monoisotopic (exact) mass is 396 g/mol. The number of piperidine rings is 1. The van der Waals surface area contributed by atoms with Crippen molar-refractivity contribution in [2.45, 2.75) is 37.6 Å². The molecular formula is C23H25ClN2O2. The van der Waals surface area contributed by atoms with Crippen molar-refractivity contribution in [2.75, 3.05) is 13.1 Å². The normalized spacial score (nSPS) is 20.7.